The van der Waals surface area contributed by atoms with E-state index in [0.717, 1.165) is 6.67 Å². The fourth-order valence-corrected chi connectivity index (χ4v) is 6.99. The molecule has 6 rings (SSSR count). The highest BCUT2D eigenvalue weighted by atomic mass is 15.4. The van der Waals surface area contributed by atoms with Gasteiger partial charge in [-0.25, -0.2) is 0 Å². The Labute approximate surface area is 224 Å². The summed E-state index contributed by atoms with van der Waals surface area (Å²) < 4.78 is 0. The van der Waals surface area contributed by atoms with E-state index < -0.39 is 0 Å². The maximum absolute atomic E-state index is 2.60. The largest absolute Gasteiger partial charge is 0.341 e. The molecule has 3 aromatic carbocycles. The topological polar surface area (TPSA) is 9.72 Å². The van der Waals surface area contributed by atoms with E-state index in [9.17, 15) is 0 Å². The molecule has 37 heavy (non-hydrogen) atoms. The van der Waals surface area contributed by atoms with Crippen molar-refractivity contribution < 1.29 is 0 Å². The van der Waals surface area contributed by atoms with Crippen LogP contribution in [0.3, 0.4) is 0 Å². The van der Waals surface area contributed by atoms with Gasteiger partial charge in [0, 0.05) is 12.7 Å². The molecule has 0 spiro atoms. The smallest absolute Gasteiger partial charge is 0.100 e. The van der Waals surface area contributed by atoms with Crippen LogP contribution in [0.5, 0.6) is 0 Å². The van der Waals surface area contributed by atoms with Crippen LogP contribution in [0.1, 0.15) is 102 Å². The molecule has 0 bridgehead atoms. The van der Waals surface area contributed by atoms with E-state index in [1.165, 1.54) is 69.2 Å². The van der Waals surface area contributed by atoms with E-state index in [4.69, 9.17) is 0 Å². The van der Waals surface area contributed by atoms with Gasteiger partial charge in [0.25, 0.3) is 0 Å². The minimum absolute atomic E-state index is 0.187. The van der Waals surface area contributed by atoms with Crippen molar-refractivity contribution in [2.24, 2.45) is 0 Å². The van der Waals surface area contributed by atoms with Crippen LogP contribution in [-0.4, -0.2) is 13.7 Å². The molecule has 3 heteroatoms. The molecule has 2 aliphatic heterocycles. The van der Waals surface area contributed by atoms with Crippen LogP contribution < -0.4 is 14.7 Å². The molecule has 0 atom stereocenters. The van der Waals surface area contributed by atoms with Crippen molar-refractivity contribution in [3.63, 3.8) is 0 Å². The standard InChI is InChI=1S/C34H43N3/c1-21(2)23-12-10-13-24(22(3)4)31(23)36-20-37-30-19-26-25(33(5,6)16-17-34(26,7)8)18-29(30)35(9)27-14-11-15-28(36)32(27)37/h10-15,18-19,21-22H,16-17,20H2,1-9H3. The molecule has 194 valence electrons. The van der Waals surface area contributed by atoms with Gasteiger partial charge in [-0.1, -0.05) is 79.7 Å². The summed E-state index contributed by atoms with van der Waals surface area (Å²) in [5.74, 6) is 0.925. The average Bonchev–Trinajstić information content (AvgIpc) is 3.24. The summed E-state index contributed by atoms with van der Waals surface area (Å²) in [5, 5.41) is 0. The summed E-state index contributed by atoms with van der Waals surface area (Å²) >= 11 is 0. The third-order valence-electron chi connectivity index (χ3n) is 9.41. The molecule has 1 aliphatic carbocycles. The van der Waals surface area contributed by atoms with Crippen LogP contribution in [0.25, 0.3) is 0 Å². The van der Waals surface area contributed by atoms with E-state index in [0.29, 0.717) is 11.8 Å². The fourth-order valence-electron chi connectivity index (χ4n) is 6.99. The second kappa shape index (κ2) is 8.03. The number of benzene rings is 3. The summed E-state index contributed by atoms with van der Waals surface area (Å²) in [7, 11) is 2.25. The van der Waals surface area contributed by atoms with Crippen LogP contribution in [0.15, 0.2) is 48.5 Å². The van der Waals surface area contributed by atoms with Crippen LogP contribution in [0, 0.1) is 0 Å². The van der Waals surface area contributed by atoms with E-state index in [-0.39, 0.29) is 10.8 Å². The molecule has 3 nitrogen and oxygen atoms in total. The summed E-state index contributed by atoms with van der Waals surface area (Å²) in [6, 6.07) is 18.8. The summed E-state index contributed by atoms with van der Waals surface area (Å²) in [6.45, 7) is 19.9. The van der Waals surface area contributed by atoms with E-state index in [2.05, 4.69) is 126 Å². The number of hydrogen-bond acceptors (Lipinski definition) is 3. The average molecular weight is 494 g/mol. The molecule has 0 unspecified atom stereocenters. The predicted molar refractivity (Wildman–Crippen MR) is 160 cm³/mol. The number of para-hydroxylation sites is 2. The summed E-state index contributed by atoms with van der Waals surface area (Å²) in [4.78, 5) is 7.63. The Morgan fingerprint density at radius 1 is 0.622 bits per heavy atom. The highest BCUT2D eigenvalue weighted by Crippen LogP contribution is 2.59. The van der Waals surface area contributed by atoms with Gasteiger partial charge in [0.05, 0.1) is 28.4 Å². The zero-order valence-corrected chi connectivity index (χ0v) is 24.2. The van der Waals surface area contributed by atoms with E-state index in [1.807, 2.05) is 0 Å². The third-order valence-corrected chi connectivity index (χ3v) is 9.41. The van der Waals surface area contributed by atoms with Crippen LogP contribution in [-0.2, 0) is 10.8 Å². The van der Waals surface area contributed by atoms with Crippen molar-refractivity contribution in [3.8, 4) is 0 Å². The van der Waals surface area contributed by atoms with Gasteiger partial charge in [0.1, 0.15) is 6.67 Å². The minimum atomic E-state index is 0.187. The zero-order valence-electron chi connectivity index (χ0n) is 24.2. The first-order chi connectivity index (χ1) is 17.4. The predicted octanol–water partition coefficient (Wildman–Crippen LogP) is 9.61. The van der Waals surface area contributed by atoms with E-state index >= 15 is 0 Å². The quantitative estimate of drug-likeness (QED) is 0.359. The van der Waals surface area contributed by atoms with Gasteiger partial charge in [0.15, 0.2) is 0 Å². The molecular formula is C34H43N3. The van der Waals surface area contributed by atoms with Crippen molar-refractivity contribution in [3.05, 3.63) is 70.8 Å². The number of anilines is 6. The second-order valence-corrected chi connectivity index (χ2v) is 13.5. The lowest BCUT2D eigenvalue weighted by atomic mass is 9.63. The first-order valence-electron chi connectivity index (χ1n) is 14.2. The molecule has 0 saturated heterocycles. The summed E-state index contributed by atoms with van der Waals surface area (Å²) in [6.07, 6.45) is 2.47. The van der Waals surface area contributed by atoms with Gasteiger partial charge in [-0.2, -0.15) is 0 Å². The molecule has 0 saturated carbocycles. The highest BCUT2D eigenvalue weighted by molar-refractivity contribution is 6.03. The van der Waals surface area contributed by atoms with Crippen LogP contribution in [0.4, 0.5) is 34.1 Å². The highest BCUT2D eigenvalue weighted by Gasteiger charge is 2.42. The molecule has 0 fully saturated rings. The molecule has 0 N–H and O–H groups in total. The molecule has 2 heterocycles. The van der Waals surface area contributed by atoms with Gasteiger partial charge in [-0.05, 0) is 82.0 Å². The van der Waals surface area contributed by atoms with Crippen LogP contribution >= 0.6 is 0 Å². The fraction of sp³-hybridized carbons (Fsp3) is 0.471. The lowest BCUT2D eigenvalue weighted by Crippen LogP contribution is -2.36. The van der Waals surface area contributed by atoms with Crippen molar-refractivity contribution >= 4 is 34.1 Å². The van der Waals surface area contributed by atoms with Crippen molar-refractivity contribution in [1.29, 1.82) is 0 Å². The molecule has 3 aliphatic rings. The lowest BCUT2D eigenvalue weighted by Gasteiger charge is -2.44. The van der Waals surface area contributed by atoms with Crippen molar-refractivity contribution in [2.75, 3.05) is 28.4 Å². The number of hydrogen-bond donors (Lipinski definition) is 0. The van der Waals surface area contributed by atoms with Crippen molar-refractivity contribution in [2.45, 2.75) is 90.9 Å². The Balaban J connectivity index is 1.58. The Morgan fingerprint density at radius 3 is 1.68 bits per heavy atom. The first-order valence-corrected chi connectivity index (χ1v) is 14.2. The second-order valence-electron chi connectivity index (χ2n) is 13.5. The van der Waals surface area contributed by atoms with Gasteiger partial charge in [-0.3, -0.25) is 0 Å². The Hall–Kier alpha value is -2.94. The first kappa shape index (κ1) is 24.4. The minimum Gasteiger partial charge on any atom is -0.341 e. The van der Waals surface area contributed by atoms with E-state index in [1.54, 1.807) is 0 Å². The van der Waals surface area contributed by atoms with Gasteiger partial charge >= 0.3 is 0 Å². The molecule has 0 amide bonds. The summed E-state index contributed by atoms with van der Waals surface area (Å²) in [5.41, 5.74) is 14.4. The maximum Gasteiger partial charge on any atom is 0.100 e. The monoisotopic (exact) mass is 493 g/mol. The third kappa shape index (κ3) is 3.46. The normalized spacial score (nSPS) is 18.8. The molecule has 0 aromatic heterocycles. The molecule has 3 aromatic rings. The van der Waals surface area contributed by atoms with Gasteiger partial charge in [0.2, 0.25) is 0 Å². The maximum atomic E-state index is 2.60. The number of rotatable bonds is 3. The van der Waals surface area contributed by atoms with Gasteiger partial charge in [-0.15, -0.1) is 0 Å². The van der Waals surface area contributed by atoms with Gasteiger partial charge < -0.3 is 14.7 Å². The zero-order chi connectivity index (χ0) is 26.4. The SMILES string of the molecule is CC(C)c1cccc(C(C)C)c1N1CN2c3cc4c(cc3N(C)c3cccc1c32)C(C)(C)CCC4(C)C. The number of fused-ring (bicyclic) bond motifs is 3. The number of nitrogens with zero attached hydrogens (tertiary/aromatic N) is 3. The Bertz CT molecular complexity index is 1370. The molecular weight excluding hydrogens is 450 g/mol. The lowest BCUT2D eigenvalue weighted by molar-refractivity contribution is 0.332. The Kier molecular flexibility index (Phi) is 5.29. The molecule has 0 radical (unpaired) electrons. The Morgan fingerprint density at radius 2 is 1.11 bits per heavy atom. The van der Waals surface area contributed by atoms with Crippen LogP contribution in [0.2, 0.25) is 0 Å². The van der Waals surface area contributed by atoms with Crippen molar-refractivity contribution in [1.82, 2.24) is 0 Å².